The second-order valence-corrected chi connectivity index (χ2v) is 10.8. The summed E-state index contributed by atoms with van der Waals surface area (Å²) in [5.41, 5.74) is 1.97. The second kappa shape index (κ2) is 13.4. The Balaban J connectivity index is 0.00000363. The number of amides is 1. The Labute approximate surface area is 199 Å². The topological polar surface area (TPSA) is 81.8 Å². The van der Waals surface area contributed by atoms with Gasteiger partial charge in [-0.1, -0.05) is 25.3 Å². The molecule has 3 rings (SSSR count). The Kier molecular flexibility index (Phi) is 11.2. The number of halogens is 1. The van der Waals surface area contributed by atoms with Crippen LogP contribution in [0.2, 0.25) is 0 Å². The molecule has 1 heterocycles. The lowest BCUT2D eigenvalue weighted by molar-refractivity contribution is -0.114. The SMILES string of the molecule is CC(=O)Nc1cccc(N2CCN(CCCCNS(=O)(=O)CC3CCCCC3)CC2)c1.Cl. The molecule has 1 aromatic carbocycles. The minimum absolute atomic E-state index is 0. The summed E-state index contributed by atoms with van der Waals surface area (Å²) in [6.45, 7) is 6.98. The van der Waals surface area contributed by atoms with Crippen LogP contribution in [0, 0.1) is 5.92 Å². The molecular formula is C23H39ClN4O3S. The molecular weight excluding hydrogens is 448 g/mol. The van der Waals surface area contributed by atoms with Crippen LogP contribution in [0.3, 0.4) is 0 Å². The highest BCUT2D eigenvalue weighted by atomic mass is 35.5. The first-order valence-corrected chi connectivity index (χ1v) is 13.4. The Morgan fingerprint density at radius 1 is 1.06 bits per heavy atom. The maximum atomic E-state index is 12.3. The summed E-state index contributed by atoms with van der Waals surface area (Å²) in [7, 11) is -3.13. The number of sulfonamides is 1. The summed E-state index contributed by atoms with van der Waals surface area (Å²) in [4.78, 5) is 16.1. The van der Waals surface area contributed by atoms with Crippen LogP contribution in [0.15, 0.2) is 24.3 Å². The maximum absolute atomic E-state index is 12.3. The van der Waals surface area contributed by atoms with Gasteiger partial charge in [-0.15, -0.1) is 12.4 Å². The normalized spacial score (nSPS) is 18.2. The molecule has 0 spiro atoms. The van der Waals surface area contributed by atoms with Gasteiger partial charge in [0.2, 0.25) is 15.9 Å². The van der Waals surface area contributed by atoms with E-state index < -0.39 is 10.0 Å². The zero-order valence-electron chi connectivity index (χ0n) is 19.2. The zero-order chi connectivity index (χ0) is 22.1. The van der Waals surface area contributed by atoms with E-state index in [-0.39, 0.29) is 18.3 Å². The van der Waals surface area contributed by atoms with E-state index in [1.807, 2.05) is 18.2 Å². The Hall–Kier alpha value is -1.35. The van der Waals surface area contributed by atoms with Crippen molar-refractivity contribution in [3.8, 4) is 0 Å². The zero-order valence-corrected chi connectivity index (χ0v) is 20.9. The number of unbranched alkanes of at least 4 members (excludes halogenated alkanes) is 1. The van der Waals surface area contributed by atoms with Crippen molar-refractivity contribution in [1.29, 1.82) is 0 Å². The molecule has 2 N–H and O–H groups in total. The van der Waals surface area contributed by atoms with Crippen molar-refractivity contribution in [1.82, 2.24) is 9.62 Å². The lowest BCUT2D eigenvalue weighted by atomic mass is 9.91. The van der Waals surface area contributed by atoms with E-state index in [0.717, 1.165) is 69.8 Å². The molecule has 1 aliphatic carbocycles. The lowest BCUT2D eigenvalue weighted by Crippen LogP contribution is -2.46. The molecule has 0 atom stereocenters. The van der Waals surface area contributed by atoms with Gasteiger partial charge in [-0.25, -0.2) is 13.1 Å². The lowest BCUT2D eigenvalue weighted by Gasteiger charge is -2.36. The molecule has 1 amide bonds. The third-order valence-electron chi connectivity index (χ3n) is 6.31. The summed E-state index contributed by atoms with van der Waals surface area (Å²) in [6.07, 6.45) is 7.60. The molecule has 1 saturated carbocycles. The number of piperazine rings is 1. The van der Waals surface area contributed by atoms with E-state index in [1.165, 1.54) is 26.2 Å². The molecule has 2 aliphatic rings. The number of nitrogens with one attached hydrogen (secondary N) is 2. The smallest absolute Gasteiger partial charge is 0.221 e. The fourth-order valence-electron chi connectivity index (χ4n) is 4.62. The number of carbonyl (C=O) groups is 1. The van der Waals surface area contributed by atoms with Gasteiger partial charge in [0.05, 0.1) is 5.75 Å². The van der Waals surface area contributed by atoms with Crippen molar-refractivity contribution in [2.45, 2.75) is 51.9 Å². The number of hydrogen-bond acceptors (Lipinski definition) is 5. The summed E-state index contributed by atoms with van der Waals surface area (Å²) in [5.74, 6) is 0.595. The first kappa shape index (κ1) is 26.9. The molecule has 0 bridgehead atoms. The molecule has 32 heavy (non-hydrogen) atoms. The highest BCUT2D eigenvalue weighted by Gasteiger charge is 2.21. The van der Waals surface area contributed by atoms with Gasteiger partial charge in [-0.3, -0.25) is 9.69 Å². The third-order valence-corrected chi connectivity index (χ3v) is 7.86. The Morgan fingerprint density at radius 3 is 2.47 bits per heavy atom. The van der Waals surface area contributed by atoms with Crippen molar-refractivity contribution in [2.24, 2.45) is 5.92 Å². The molecule has 0 aromatic heterocycles. The van der Waals surface area contributed by atoms with E-state index >= 15 is 0 Å². The molecule has 9 heteroatoms. The van der Waals surface area contributed by atoms with Crippen molar-refractivity contribution < 1.29 is 13.2 Å². The molecule has 1 aromatic rings. The van der Waals surface area contributed by atoms with Crippen LogP contribution in [-0.4, -0.2) is 64.2 Å². The van der Waals surface area contributed by atoms with Gasteiger partial charge in [-0.2, -0.15) is 0 Å². The second-order valence-electron chi connectivity index (χ2n) is 8.95. The van der Waals surface area contributed by atoms with Crippen LogP contribution in [0.1, 0.15) is 51.9 Å². The number of hydrogen-bond donors (Lipinski definition) is 2. The molecule has 1 saturated heterocycles. The first-order chi connectivity index (χ1) is 14.9. The van der Waals surface area contributed by atoms with Crippen molar-refractivity contribution >= 4 is 39.7 Å². The van der Waals surface area contributed by atoms with Gasteiger partial charge < -0.3 is 10.2 Å². The Bertz CT molecular complexity index is 807. The number of nitrogens with zero attached hydrogens (tertiary/aromatic N) is 2. The largest absolute Gasteiger partial charge is 0.369 e. The fourth-order valence-corrected chi connectivity index (χ4v) is 6.15. The number of anilines is 2. The highest BCUT2D eigenvalue weighted by molar-refractivity contribution is 7.89. The van der Waals surface area contributed by atoms with Gasteiger partial charge in [0.25, 0.3) is 0 Å². The van der Waals surface area contributed by atoms with E-state index in [2.05, 4.69) is 25.9 Å². The van der Waals surface area contributed by atoms with Crippen LogP contribution in [0.5, 0.6) is 0 Å². The van der Waals surface area contributed by atoms with E-state index in [9.17, 15) is 13.2 Å². The summed E-state index contributed by atoms with van der Waals surface area (Å²) in [5, 5.41) is 2.84. The minimum atomic E-state index is -3.13. The monoisotopic (exact) mass is 486 g/mol. The number of rotatable bonds is 10. The van der Waals surface area contributed by atoms with Gasteiger partial charge in [0.15, 0.2) is 0 Å². The van der Waals surface area contributed by atoms with Gasteiger partial charge in [0, 0.05) is 51.0 Å². The van der Waals surface area contributed by atoms with Crippen LogP contribution >= 0.6 is 12.4 Å². The molecule has 182 valence electrons. The predicted octanol–water partition coefficient (Wildman–Crippen LogP) is 3.47. The average molecular weight is 487 g/mol. The summed E-state index contributed by atoms with van der Waals surface area (Å²) in [6, 6.07) is 7.99. The molecule has 7 nitrogen and oxygen atoms in total. The molecule has 1 aliphatic heterocycles. The Morgan fingerprint density at radius 2 is 1.78 bits per heavy atom. The van der Waals surface area contributed by atoms with E-state index in [1.54, 1.807) is 0 Å². The molecule has 0 unspecified atom stereocenters. The van der Waals surface area contributed by atoms with Crippen LogP contribution < -0.4 is 14.9 Å². The summed E-state index contributed by atoms with van der Waals surface area (Å²) < 4.78 is 27.3. The van der Waals surface area contributed by atoms with Gasteiger partial charge >= 0.3 is 0 Å². The van der Waals surface area contributed by atoms with Crippen molar-refractivity contribution in [3.05, 3.63) is 24.3 Å². The van der Waals surface area contributed by atoms with E-state index in [4.69, 9.17) is 0 Å². The molecule has 0 radical (unpaired) electrons. The van der Waals surface area contributed by atoms with Crippen LogP contribution in [0.4, 0.5) is 11.4 Å². The third kappa shape index (κ3) is 9.25. The van der Waals surface area contributed by atoms with Crippen LogP contribution in [-0.2, 0) is 14.8 Å². The quantitative estimate of drug-likeness (QED) is 0.495. The van der Waals surface area contributed by atoms with E-state index in [0.29, 0.717) is 18.2 Å². The van der Waals surface area contributed by atoms with Crippen molar-refractivity contribution in [2.75, 3.05) is 55.2 Å². The first-order valence-electron chi connectivity index (χ1n) is 11.7. The summed E-state index contributed by atoms with van der Waals surface area (Å²) >= 11 is 0. The fraction of sp³-hybridized carbons (Fsp3) is 0.696. The standard InChI is InChI=1S/C23H38N4O3S.ClH/c1-20(28)25-22-10-7-11-23(18-22)27-16-14-26(15-17-27)13-6-5-12-24-31(29,30)19-21-8-3-2-4-9-21;/h7,10-11,18,21,24H,2-6,8-9,12-17,19H2,1H3,(H,25,28);1H. The van der Waals surface area contributed by atoms with Gasteiger partial charge in [-0.05, 0) is 56.3 Å². The van der Waals surface area contributed by atoms with Crippen LogP contribution in [0.25, 0.3) is 0 Å². The number of carbonyl (C=O) groups excluding carboxylic acids is 1. The maximum Gasteiger partial charge on any atom is 0.221 e. The van der Waals surface area contributed by atoms with Crippen molar-refractivity contribution in [3.63, 3.8) is 0 Å². The predicted molar refractivity (Wildman–Crippen MR) is 134 cm³/mol. The highest BCUT2D eigenvalue weighted by Crippen LogP contribution is 2.24. The number of benzene rings is 1. The van der Waals surface area contributed by atoms with Gasteiger partial charge in [0.1, 0.15) is 0 Å². The molecule has 2 fully saturated rings. The minimum Gasteiger partial charge on any atom is -0.369 e. The average Bonchev–Trinajstić information content (AvgIpc) is 2.74.